The van der Waals surface area contributed by atoms with Gasteiger partial charge in [-0.25, -0.2) is 4.39 Å². The average molecular weight is 335 g/mol. The van der Waals surface area contributed by atoms with Crippen molar-refractivity contribution >= 4 is 17.2 Å². The normalized spacial score (nSPS) is 12.2. The maximum Gasteiger partial charge on any atom is 0.261 e. The van der Waals surface area contributed by atoms with Crippen molar-refractivity contribution in [3.63, 3.8) is 0 Å². The molecule has 0 spiro atoms. The lowest BCUT2D eigenvalue weighted by atomic mass is 10.1. The molecule has 0 aliphatic rings. The molecule has 124 valence electrons. The monoisotopic (exact) mass is 335 g/mol. The van der Waals surface area contributed by atoms with Crippen molar-refractivity contribution < 1.29 is 14.3 Å². The Morgan fingerprint density at radius 2 is 2.00 bits per heavy atom. The number of amides is 1. The minimum absolute atomic E-state index is 0.104. The van der Waals surface area contributed by atoms with Gasteiger partial charge in [0.15, 0.2) is 0 Å². The zero-order valence-electron chi connectivity index (χ0n) is 13.4. The molecule has 2 rings (SSSR count). The number of carbonyl (C=O) groups excluding carboxylic acids is 1. The van der Waals surface area contributed by atoms with Crippen LogP contribution in [0.15, 0.2) is 30.3 Å². The van der Waals surface area contributed by atoms with E-state index in [0.717, 1.165) is 19.3 Å². The Morgan fingerprint density at radius 3 is 2.61 bits per heavy atom. The smallest absolute Gasteiger partial charge is 0.261 e. The lowest BCUT2D eigenvalue weighted by Crippen LogP contribution is -2.27. The van der Waals surface area contributed by atoms with Gasteiger partial charge in [0.1, 0.15) is 5.82 Å². The number of aliphatic hydroxyl groups is 1. The topological polar surface area (TPSA) is 49.3 Å². The van der Waals surface area contributed by atoms with Crippen molar-refractivity contribution in [3.05, 3.63) is 57.0 Å². The van der Waals surface area contributed by atoms with Gasteiger partial charge in [0.2, 0.25) is 0 Å². The number of benzene rings is 1. The third-order valence-electron chi connectivity index (χ3n) is 3.69. The van der Waals surface area contributed by atoms with E-state index in [1.54, 1.807) is 0 Å². The Kier molecular flexibility index (Phi) is 6.30. The highest BCUT2D eigenvalue weighted by Crippen LogP contribution is 2.24. The molecular weight excluding hydrogens is 313 g/mol. The molecule has 1 heterocycles. The average Bonchev–Trinajstić information content (AvgIpc) is 2.96. The second-order valence-electron chi connectivity index (χ2n) is 5.44. The first-order valence-corrected chi connectivity index (χ1v) is 8.70. The first-order chi connectivity index (χ1) is 11.0. The SMILES string of the molecule is CCCc1sc(C(=O)NCC(O)c2ccc(F)cc2)cc1CC. The number of rotatable bonds is 7. The van der Waals surface area contributed by atoms with E-state index in [2.05, 4.69) is 19.2 Å². The molecule has 1 amide bonds. The summed E-state index contributed by atoms with van der Waals surface area (Å²) in [6.45, 7) is 4.31. The van der Waals surface area contributed by atoms with Gasteiger partial charge < -0.3 is 10.4 Å². The highest BCUT2D eigenvalue weighted by molar-refractivity contribution is 7.14. The number of hydrogen-bond donors (Lipinski definition) is 2. The summed E-state index contributed by atoms with van der Waals surface area (Å²) in [5.74, 6) is -0.521. The molecule has 0 aliphatic heterocycles. The highest BCUT2D eigenvalue weighted by atomic mass is 32.1. The Balaban J connectivity index is 1.97. The van der Waals surface area contributed by atoms with E-state index >= 15 is 0 Å². The summed E-state index contributed by atoms with van der Waals surface area (Å²) >= 11 is 1.52. The van der Waals surface area contributed by atoms with E-state index in [1.165, 1.54) is 46.0 Å². The van der Waals surface area contributed by atoms with Crippen molar-refractivity contribution in [2.75, 3.05) is 6.54 Å². The Hall–Kier alpha value is -1.72. The van der Waals surface area contributed by atoms with Crippen LogP contribution in [0, 0.1) is 5.82 Å². The van der Waals surface area contributed by atoms with Gasteiger partial charge in [-0.05, 0) is 42.2 Å². The molecule has 0 saturated carbocycles. The van der Waals surface area contributed by atoms with E-state index in [0.29, 0.717) is 10.4 Å². The molecule has 1 aromatic carbocycles. The number of nitrogens with one attached hydrogen (secondary N) is 1. The molecule has 0 bridgehead atoms. The van der Waals surface area contributed by atoms with Crippen molar-refractivity contribution in [2.45, 2.75) is 39.2 Å². The largest absolute Gasteiger partial charge is 0.387 e. The predicted octanol–water partition coefficient (Wildman–Crippen LogP) is 3.87. The van der Waals surface area contributed by atoms with Crippen molar-refractivity contribution in [3.8, 4) is 0 Å². The number of aliphatic hydroxyl groups excluding tert-OH is 1. The number of thiophene rings is 1. The minimum Gasteiger partial charge on any atom is -0.387 e. The van der Waals surface area contributed by atoms with Crippen LogP contribution in [0.1, 0.15) is 52.0 Å². The summed E-state index contributed by atoms with van der Waals surface area (Å²) in [5.41, 5.74) is 1.81. The van der Waals surface area contributed by atoms with Crippen LogP contribution in [0.25, 0.3) is 0 Å². The van der Waals surface area contributed by atoms with Crippen LogP contribution >= 0.6 is 11.3 Å². The van der Waals surface area contributed by atoms with Gasteiger partial charge in [0.05, 0.1) is 11.0 Å². The van der Waals surface area contributed by atoms with Gasteiger partial charge in [0.25, 0.3) is 5.91 Å². The van der Waals surface area contributed by atoms with Gasteiger partial charge in [0, 0.05) is 11.4 Å². The molecule has 0 saturated heterocycles. The zero-order valence-corrected chi connectivity index (χ0v) is 14.3. The van der Waals surface area contributed by atoms with Crippen LogP contribution in [0.3, 0.4) is 0 Å². The fourth-order valence-electron chi connectivity index (χ4n) is 2.40. The molecule has 2 N–H and O–H groups in total. The second-order valence-corrected chi connectivity index (χ2v) is 6.58. The lowest BCUT2D eigenvalue weighted by Gasteiger charge is -2.11. The summed E-state index contributed by atoms with van der Waals surface area (Å²) in [6.07, 6.45) is 2.11. The molecule has 0 fully saturated rings. The first-order valence-electron chi connectivity index (χ1n) is 7.88. The minimum atomic E-state index is -0.847. The van der Waals surface area contributed by atoms with Gasteiger partial charge >= 0.3 is 0 Å². The van der Waals surface area contributed by atoms with Crippen LogP contribution in [0.4, 0.5) is 4.39 Å². The number of hydrogen-bond acceptors (Lipinski definition) is 3. The summed E-state index contributed by atoms with van der Waals surface area (Å²) in [7, 11) is 0. The summed E-state index contributed by atoms with van der Waals surface area (Å²) in [6, 6.07) is 7.57. The second kappa shape index (κ2) is 8.22. The third kappa shape index (κ3) is 4.62. The van der Waals surface area contributed by atoms with Crippen LogP contribution < -0.4 is 5.32 Å². The molecule has 1 unspecified atom stereocenters. The van der Waals surface area contributed by atoms with E-state index in [-0.39, 0.29) is 18.3 Å². The summed E-state index contributed by atoms with van der Waals surface area (Å²) < 4.78 is 12.9. The molecule has 0 aliphatic carbocycles. The molecule has 23 heavy (non-hydrogen) atoms. The third-order valence-corrected chi connectivity index (χ3v) is 4.93. The standard InChI is InChI=1S/C18H22FNO2S/c1-3-5-16-12(4-2)10-17(23-16)18(22)20-11-15(21)13-6-8-14(19)9-7-13/h6-10,15,21H,3-5,11H2,1-2H3,(H,20,22). The van der Waals surface area contributed by atoms with E-state index in [9.17, 15) is 14.3 Å². The molecule has 5 heteroatoms. The molecule has 1 atom stereocenters. The van der Waals surface area contributed by atoms with Gasteiger partial charge in [-0.1, -0.05) is 32.4 Å². The fraction of sp³-hybridized carbons (Fsp3) is 0.389. The first kappa shape index (κ1) is 17.6. The Labute approximate surface area is 140 Å². The molecule has 2 aromatic rings. The van der Waals surface area contributed by atoms with Crippen molar-refractivity contribution in [2.24, 2.45) is 0 Å². The number of aryl methyl sites for hydroxylation is 2. The molecule has 1 aromatic heterocycles. The van der Waals surface area contributed by atoms with Crippen LogP contribution in [-0.4, -0.2) is 17.6 Å². The number of halogens is 1. The number of carbonyl (C=O) groups is 1. The van der Waals surface area contributed by atoms with Gasteiger partial charge in [-0.2, -0.15) is 0 Å². The van der Waals surface area contributed by atoms with Crippen LogP contribution in [-0.2, 0) is 12.8 Å². The van der Waals surface area contributed by atoms with Crippen LogP contribution in [0.5, 0.6) is 0 Å². The maximum atomic E-state index is 12.9. The van der Waals surface area contributed by atoms with E-state index in [4.69, 9.17) is 0 Å². The van der Waals surface area contributed by atoms with E-state index < -0.39 is 6.10 Å². The zero-order chi connectivity index (χ0) is 16.8. The predicted molar refractivity (Wildman–Crippen MR) is 91.4 cm³/mol. The Morgan fingerprint density at radius 1 is 1.30 bits per heavy atom. The summed E-state index contributed by atoms with van der Waals surface area (Å²) in [5, 5.41) is 12.8. The van der Waals surface area contributed by atoms with E-state index in [1.807, 2.05) is 6.07 Å². The van der Waals surface area contributed by atoms with Crippen molar-refractivity contribution in [1.82, 2.24) is 5.32 Å². The quantitative estimate of drug-likeness (QED) is 0.807. The molecular formula is C18H22FNO2S. The highest BCUT2D eigenvalue weighted by Gasteiger charge is 2.15. The summed E-state index contributed by atoms with van der Waals surface area (Å²) in [4.78, 5) is 14.2. The van der Waals surface area contributed by atoms with Gasteiger partial charge in [-0.3, -0.25) is 4.79 Å². The maximum absolute atomic E-state index is 12.9. The molecule has 0 radical (unpaired) electrons. The lowest BCUT2D eigenvalue weighted by molar-refractivity contribution is 0.0920. The molecule has 3 nitrogen and oxygen atoms in total. The Bertz CT molecular complexity index is 652. The fourth-order valence-corrected chi connectivity index (χ4v) is 3.67. The van der Waals surface area contributed by atoms with Gasteiger partial charge in [-0.15, -0.1) is 11.3 Å². The van der Waals surface area contributed by atoms with Crippen LogP contribution in [0.2, 0.25) is 0 Å². The van der Waals surface area contributed by atoms with Crippen molar-refractivity contribution in [1.29, 1.82) is 0 Å².